The van der Waals surface area contributed by atoms with E-state index in [-0.39, 0.29) is 6.61 Å². The van der Waals surface area contributed by atoms with Crippen molar-refractivity contribution in [1.82, 2.24) is 0 Å². The second kappa shape index (κ2) is 6.53. The van der Waals surface area contributed by atoms with Crippen LogP contribution in [0.2, 0.25) is 0 Å². The van der Waals surface area contributed by atoms with Crippen LogP contribution in [0.1, 0.15) is 5.56 Å². The fourth-order valence-corrected chi connectivity index (χ4v) is 1.24. The Morgan fingerprint density at radius 1 is 1.15 bits per heavy atom. The molecule has 1 aromatic rings. The van der Waals surface area contributed by atoms with E-state index in [0.29, 0.717) is 5.56 Å². The summed E-state index contributed by atoms with van der Waals surface area (Å²) in [7, 11) is 0. The molecule has 1 atom stereocenters. The highest BCUT2D eigenvalue weighted by molar-refractivity contribution is 6.04. The number of rotatable bonds is 6. The van der Waals surface area contributed by atoms with Crippen molar-refractivity contribution in [3.8, 4) is 0 Å². The van der Waals surface area contributed by atoms with E-state index in [1.807, 2.05) is 0 Å². The number of hydrogen-bond acceptors (Lipinski definition) is 6. The Balaban J connectivity index is 2.69. The zero-order valence-electron chi connectivity index (χ0n) is 10.4. The van der Waals surface area contributed by atoms with Crippen molar-refractivity contribution in [1.29, 1.82) is 0 Å². The number of carbonyl (C=O) groups excluding carboxylic acids is 2. The van der Waals surface area contributed by atoms with E-state index in [4.69, 9.17) is 21.3 Å². The zero-order valence-corrected chi connectivity index (χ0v) is 10.4. The van der Waals surface area contributed by atoms with Crippen molar-refractivity contribution in [2.45, 2.75) is 12.1 Å². The summed E-state index contributed by atoms with van der Waals surface area (Å²) in [6.45, 7) is -1.06. The molecule has 0 radical (unpaired) electrons. The van der Waals surface area contributed by atoms with E-state index < -0.39 is 30.2 Å². The molecule has 0 aliphatic heterocycles. The lowest BCUT2D eigenvalue weighted by Crippen LogP contribution is -2.59. The lowest BCUT2D eigenvalue weighted by Gasteiger charge is -2.21. The van der Waals surface area contributed by atoms with Gasteiger partial charge in [-0.25, -0.2) is 14.4 Å². The van der Waals surface area contributed by atoms with Gasteiger partial charge in [0.25, 0.3) is 0 Å². The topological polar surface area (TPSA) is 142 Å². The second-order valence-corrected chi connectivity index (χ2v) is 3.95. The fraction of sp³-hybridized carbons (Fsp3) is 0.250. The van der Waals surface area contributed by atoms with Gasteiger partial charge in [0.15, 0.2) is 0 Å². The largest absolute Gasteiger partial charge is 0.479 e. The maximum absolute atomic E-state index is 11.7. The molecule has 108 valence electrons. The summed E-state index contributed by atoms with van der Waals surface area (Å²) in [6, 6.07) is 8.60. The Morgan fingerprint density at radius 2 is 1.75 bits per heavy atom. The molecule has 1 rings (SSSR count). The third kappa shape index (κ3) is 3.95. The monoisotopic (exact) mass is 282 g/mol. The number of ether oxygens (including phenoxy) is 2. The number of hydrogen-bond donors (Lipinski definition) is 3. The molecule has 0 saturated heterocycles. The molecule has 20 heavy (non-hydrogen) atoms. The molecule has 0 aliphatic carbocycles. The molecule has 0 spiro atoms. The van der Waals surface area contributed by atoms with Gasteiger partial charge in [0.1, 0.15) is 13.2 Å². The Morgan fingerprint density at radius 3 is 2.25 bits per heavy atom. The molecule has 0 unspecified atom stereocenters. The number of carbonyl (C=O) groups is 3. The van der Waals surface area contributed by atoms with E-state index in [9.17, 15) is 14.4 Å². The number of carboxylic acid groups (broad SMARTS) is 1. The standard InChI is InChI=1S/C12H14N2O6/c13-11(18)20-7-12(14,9(15)16)10(17)19-6-8-4-2-1-3-5-8/h1-5H,6-7,14H2,(H2,13,18)(H,15,16)/t12-/m0/s1. The van der Waals surface area contributed by atoms with Gasteiger partial charge in [-0.05, 0) is 5.56 Å². The third-order valence-electron chi connectivity index (χ3n) is 2.40. The molecule has 1 aromatic carbocycles. The minimum Gasteiger partial charge on any atom is -0.479 e. The molecule has 8 nitrogen and oxygen atoms in total. The number of nitrogens with two attached hydrogens (primary N) is 2. The summed E-state index contributed by atoms with van der Waals surface area (Å²) in [5.74, 6) is -2.91. The first kappa shape index (κ1) is 15.4. The quantitative estimate of drug-likeness (QED) is 0.476. The zero-order chi connectivity index (χ0) is 15.2. The van der Waals surface area contributed by atoms with Gasteiger partial charge in [-0.1, -0.05) is 30.3 Å². The van der Waals surface area contributed by atoms with Crippen molar-refractivity contribution >= 4 is 18.0 Å². The number of benzene rings is 1. The van der Waals surface area contributed by atoms with Crippen LogP contribution in [0, 0.1) is 0 Å². The first-order valence-electron chi connectivity index (χ1n) is 5.52. The van der Waals surface area contributed by atoms with E-state index >= 15 is 0 Å². The lowest BCUT2D eigenvalue weighted by molar-refractivity contribution is -0.164. The number of aliphatic carboxylic acids is 1. The van der Waals surface area contributed by atoms with Crippen molar-refractivity contribution in [3.05, 3.63) is 35.9 Å². The SMILES string of the molecule is NC(=O)OC[C@](N)(C(=O)O)C(=O)OCc1ccccc1. The van der Waals surface area contributed by atoms with E-state index in [2.05, 4.69) is 4.74 Å². The van der Waals surface area contributed by atoms with Crippen molar-refractivity contribution in [2.24, 2.45) is 11.5 Å². The Bertz CT molecular complexity index is 504. The van der Waals surface area contributed by atoms with E-state index in [1.165, 1.54) is 0 Å². The molecule has 0 bridgehead atoms. The summed E-state index contributed by atoms with van der Waals surface area (Å²) in [5, 5.41) is 8.96. The highest BCUT2D eigenvalue weighted by Crippen LogP contribution is 2.09. The van der Waals surface area contributed by atoms with Crippen LogP contribution in [0.3, 0.4) is 0 Å². The summed E-state index contributed by atoms with van der Waals surface area (Å²) >= 11 is 0. The van der Waals surface area contributed by atoms with Crippen LogP contribution in [0.25, 0.3) is 0 Å². The van der Waals surface area contributed by atoms with Gasteiger partial charge in [-0.15, -0.1) is 0 Å². The first-order valence-corrected chi connectivity index (χ1v) is 5.52. The van der Waals surface area contributed by atoms with Crippen LogP contribution in [-0.4, -0.2) is 35.3 Å². The minimum atomic E-state index is -2.50. The van der Waals surface area contributed by atoms with Crippen LogP contribution in [-0.2, 0) is 25.7 Å². The molecular formula is C12H14N2O6. The van der Waals surface area contributed by atoms with Crippen molar-refractivity contribution in [2.75, 3.05) is 6.61 Å². The predicted octanol–water partition coefficient (Wildman–Crippen LogP) is -0.393. The Labute approximate surface area is 114 Å². The third-order valence-corrected chi connectivity index (χ3v) is 2.40. The van der Waals surface area contributed by atoms with Gasteiger partial charge in [0, 0.05) is 0 Å². The molecule has 8 heteroatoms. The Hall–Kier alpha value is -2.61. The van der Waals surface area contributed by atoms with Gasteiger partial charge in [-0.3, -0.25) is 0 Å². The number of esters is 1. The molecule has 0 aromatic heterocycles. The summed E-state index contributed by atoms with van der Waals surface area (Å²) < 4.78 is 9.08. The summed E-state index contributed by atoms with van der Waals surface area (Å²) in [6.07, 6.45) is -1.24. The summed E-state index contributed by atoms with van der Waals surface area (Å²) in [4.78, 5) is 33.2. The lowest BCUT2D eigenvalue weighted by atomic mass is 10.0. The molecule has 0 fully saturated rings. The maximum atomic E-state index is 11.7. The van der Waals surface area contributed by atoms with E-state index in [0.717, 1.165) is 0 Å². The first-order chi connectivity index (χ1) is 9.36. The average Bonchev–Trinajstić information content (AvgIpc) is 2.42. The van der Waals surface area contributed by atoms with Crippen molar-refractivity contribution in [3.63, 3.8) is 0 Å². The normalized spacial score (nSPS) is 13.1. The number of carboxylic acids is 1. The predicted molar refractivity (Wildman–Crippen MR) is 66.3 cm³/mol. The van der Waals surface area contributed by atoms with Crippen molar-refractivity contribution < 1.29 is 29.0 Å². The molecule has 0 heterocycles. The maximum Gasteiger partial charge on any atom is 0.404 e. The average molecular weight is 282 g/mol. The van der Waals surface area contributed by atoms with Gasteiger partial charge >= 0.3 is 18.0 Å². The highest BCUT2D eigenvalue weighted by Gasteiger charge is 2.45. The number of amides is 1. The smallest absolute Gasteiger partial charge is 0.404 e. The van der Waals surface area contributed by atoms with E-state index in [1.54, 1.807) is 30.3 Å². The molecule has 0 aliphatic rings. The molecule has 0 saturated carbocycles. The van der Waals surface area contributed by atoms with Gasteiger partial charge in [0.05, 0.1) is 0 Å². The van der Waals surface area contributed by atoms with Crippen LogP contribution >= 0.6 is 0 Å². The molecule has 5 N–H and O–H groups in total. The fourth-order valence-electron chi connectivity index (χ4n) is 1.24. The minimum absolute atomic E-state index is 0.150. The van der Waals surface area contributed by atoms with Crippen LogP contribution in [0.15, 0.2) is 30.3 Å². The summed E-state index contributed by atoms with van der Waals surface area (Å²) in [5.41, 5.74) is 8.25. The number of primary amides is 1. The second-order valence-electron chi connectivity index (χ2n) is 3.95. The van der Waals surface area contributed by atoms with Crippen LogP contribution in [0.5, 0.6) is 0 Å². The molecule has 1 amide bonds. The van der Waals surface area contributed by atoms with Crippen LogP contribution in [0.4, 0.5) is 4.79 Å². The Kier molecular flexibility index (Phi) is 5.04. The highest BCUT2D eigenvalue weighted by atomic mass is 16.6. The van der Waals surface area contributed by atoms with Gasteiger partial charge in [0.2, 0.25) is 5.54 Å². The molecular weight excluding hydrogens is 268 g/mol. The van der Waals surface area contributed by atoms with Gasteiger partial charge in [-0.2, -0.15) is 0 Å². The van der Waals surface area contributed by atoms with Gasteiger partial charge < -0.3 is 26.0 Å². The van der Waals surface area contributed by atoms with Crippen LogP contribution < -0.4 is 11.5 Å².